The first-order valence-corrected chi connectivity index (χ1v) is 9.58. The van der Waals surface area contributed by atoms with Crippen LogP contribution in [-0.2, 0) is 9.47 Å². The van der Waals surface area contributed by atoms with E-state index in [1.54, 1.807) is 6.07 Å². The minimum Gasteiger partial charge on any atom is -0.465 e. The summed E-state index contributed by atoms with van der Waals surface area (Å²) in [5, 5.41) is 3.39. The molecule has 1 saturated carbocycles. The van der Waals surface area contributed by atoms with Crippen LogP contribution in [0.5, 0.6) is 0 Å². The molecule has 1 aliphatic carbocycles. The third kappa shape index (κ3) is 4.32. The molecule has 0 aliphatic heterocycles. The normalized spacial score (nSPS) is 14.4. The van der Waals surface area contributed by atoms with Gasteiger partial charge in [-0.2, -0.15) is 0 Å². The molecule has 0 saturated heterocycles. The summed E-state index contributed by atoms with van der Waals surface area (Å²) in [5.74, 6) is -0.832. The first-order chi connectivity index (χ1) is 13.5. The van der Waals surface area contributed by atoms with E-state index in [-0.39, 0.29) is 17.2 Å². The van der Waals surface area contributed by atoms with Gasteiger partial charge in [-0.15, -0.1) is 0 Å². The van der Waals surface area contributed by atoms with Gasteiger partial charge in [0, 0.05) is 11.6 Å². The van der Waals surface area contributed by atoms with E-state index < -0.39 is 11.9 Å². The van der Waals surface area contributed by atoms with Crippen LogP contribution in [0.25, 0.3) is 11.3 Å². The van der Waals surface area contributed by atoms with E-state index in [2.05, 4.69) is 5.32 Å². The fourth-order valence-electron chi connectivity index (χ4n) is 3.54. The molecule has 1 aliphatic rings. The molecule has 0 radical (unpaired) electrons. The van der Waals surface area contributed by atoms with Crippen LogP contribution in [0.1, 0.15) is 58.4 Å². The van der Waals surface area contributed by atoms with Gasteiger partial charge in [-0.05, 0) is 25.8 Å². The van der Waals surface area contributed by atoms with Crippen LogP contribution in [0.3, 0.4) is 0 Å². The maximum Gasteiger partial charge on any atom is 0.342 e. The van der Waals surface area contributed by atoms with Crippen molar-refractivity contribution in [3.05, 3.63) is 47.0 Å². The van der Waals surface area contributed by atoms with E-state index in [0.29, 0.717) is 11.5 Å². The lowest BCUT2D eigenvalue weighted by molar-refractivity contribution is 0.0555. The van der Waals surface area contributed by atoms with Crippen molar-refractivity contribution in [2.75, 3.05) is 19.5 Å². The molecule has 2 aromatic rings. The maximum absolute atomic E-state index is 12.5. The Morgan fingerprint density at radius 2 is 1.64 bits per heavy atom. The summed E-state index contributed by atoms with van der Waals surface area (Å²) in [5.41, 5.74) is 2.86. The number of esters is 2. The first kappa shape index (κ1) is 19.9. The number of methoxy groups -OCH3 is 2. The molecule has 0 unspecified atom stereocenters. The molecule has 1 heterocycles. The van der Waals surface area contributed by atoms with Gasteiger partial charge >= 0.3 is 11.9 Å². The number of ether oxygens (including phenoxy) is 2. The first-order valence-electron chi connectivity index (χ1n) is 9.58. The molecular weight excluding hydrogens is 356 g/mol. The lowest BCUT2D eigenvalue weighted by Crippen LogP contribution is -2.26. The van der Waals surface area contributed by atoms with Gasteiger partial charge in [0.25, 0.3) is 0 Å². The predicted molar refractivity (Wildman–Crippen MR) is 108 cm³/mol. The van der Waals surface area contributed by atoms with Crippen molar-refractivity contribution >= 4 is 17.8 Å². The molecule has 0 atom stereocenters. The fourth-order valence-corrected chi connectivity index (χ4v) is 3.54. The highest BCUT2D eigenvalue weighted by atomic mass is 16.5. The molecule has 0 amide bonds. The second-order valence-electron chi connectivity index (χ2n) is 7.11. The summed E-state index contributed by atoms with van der Waals surface area (Å²) in [6.45, 7) is 2.01. The van der Waals surface area contributed by atoms with Crippen LogP contribution in [0.15, 0.2) is 30.3 Å². The molecule has 6 nitrogen and oxygen atoms in total. The Balaban J connectivity index is 2.13. The van der Waals surface area contributed by atoms with Crippen LogP contribution in [-0.4, -0.2) is 37.2 Å². The molecule has 0 spiro atoms. The van der Waals surface area contributed by atoms with E-state index in [9.17, 15) is 9.59 Å². The van der Waals surface area contributed by atoms with Gasteiger partial charge in [-0.1, -0.05) is 49.1 Å². The second-order valence-corrected chi connectivity index (χ2v) is 7.11. The topological polar surface area (TPSA) is 77.5 Å². The summed E-state index contributed by atoms with van der Waals surface area (Å²) in [6, 6.07) is 9.66. The zero-order valence-electron chi connectivity index (χ0n) is 16.6. The average Bonchev–Trinajstić information content (AvgIpc) is 2.73. The minimum atomic E-state index is -0.610. The molecular formula is C22H26N2O4. The number of rotatable bonds is 5. The fraction of sp³-hybridized carbons (Fsp3) is 0.409. The standard InChI is InChI=1S/C22H26N2O4/c1-14-9-11-15(12-10-14)18-13-17(21(25)27-2)19(22(26)28-3)20(24-18)23-16-7-5-4-6-8-16/h9-13,16H,4-8H2,1-3H3,(H,23,24). The number of anilines is 1. The minimum absolute atomic E-state index is 0.121. The second kappa shape index (κ2) is 8.87. The van der Waals surface area contributed by atoms with Crippen molar-refractivity contribution in [3.63, 3.8) is 0 Å². The third-order valence-corrected chi connectivity index (χ3v) is 5.11. The van der Waals surface area contributed by atoms with E-state index >= 15 is 0 Å². The van der Waals surface area contributed by atoms with E-state index in [4.69, 9.17) is 14.5 Å². The highest BCUT2D eigenvalue weighted by Gasteiger charge is 2.27. The molecule has 28 heavy (non-hydrogen) atoms. The summed E-state index contributed by atoms with van der Waals surface area (Å²) in [7, 11) is 2.59. The van der Waals surface area contributed by atoms with Gasteiger partial charge in [0.1, 0.15) is 11.4 Å². The van der Waals surface area contributed by atoms with Crippen LogP contribution >= 0.6 is 0 Å². The third-order valence-electron chi connectivity index (χ3n) is 5.11. The van der Waals surface area contributed by atoms with Gasteiger partial charge in [0.15, 0.2) is 0 Å². The number of hydrogen-bond acceptors (Lipinski definition) is 6. The zero-order valence-corrected chi connectivity index (χ0v) is 16.6. The Kier molecular flexibility index (Phi) is 6.29. The Bertz CT molecular complexity index is 856. The van der Waals surface area contributed by atoms with Crippen molar-refractivity contribution in [2.45, 2.75) is 45.1 Å². The molecule has 0 bridgehead atoms. The van der Waals surface area contributed by atoms with E-state index in [0.717, 1.165) is 36.8 Å². The Labute approximate surface area is 165 Å². The monoisotopic (exact) mass is 382 g/mol. The number of hydrogen-bond donors (Lipinski definition) is 1. The number of aromatic nitrogens is 1. The Hall–Kier alpha value is -2.89. The van der Waals surface area contributed by atoms with Crippen molar-refractivity contribution in [1.82, 2.24) is 4.98 Å². The summed E-state index contributed by atoms with van der Waals surface area (Å²) >= 11 is 0. The molecule has 6 heteroatoms. The number of carbonyl (C=O) groups excluding carboxylic acids is 2. The van der Waals surface area contributed by atoms with Gasteiger partial charge in [-0.3, -0.25) is 0 Å². The summed E-state index contributed by atoms with van der Waals surface area (Å²) < 4.78 is 9.86. The zero-order chi connectivity index (χ0) is 20.1. The van der Waals surface area contributed by atoms with Crippen LogP contribution in [0, 0.1) is 6.92 Å². The van der Waals surface area contributed by atoms with Crippen molar-refractivity contribution < 1.29 is 19.1 Å². The van der Waals surface area contributed by atoms with Crippen molar-refractivity contribution in [1.29, 1.82) is 0 Å². The molecule has 148 valence electrons. The number of pyridine rings is 1. The van der Waals surface area contributed by atoms with E-state index in [1.165, 1.54) is 20.6 Å². The SMILES string of the molecule is COC(=O)c1cc(-c2ccc(C)cc2)nc(NC2CCCCC2)c1C(=O)OC. The largest absolute Gasteiger partial charge is 0.465 e. The van der Waals surface area contributed by atoms with Crippen LogP contribution < -0.4 is 5.32 Å². The molecule has 3 rings (SSSR count). The summed E-state index contributed by atoms with van der Waals surface area (Å²) in [6.07, 6.45) is 5.49. The molecule has 1 aromatic carbocycles. The van der Waals surface area contributed by atoms with Gasteiger partial charge in [0.2, 0.25) is 0 Å². The van der Waals surface area contributed by atoms with Crippen molar-refractivity contribution in [2.24, 2.45) is 0 Å². The highest BCUT2D eigenvalue weighted by molar-refractivity contribution is 6.07. The number of nitrogens with one attached hydrogen (secondary N) is 1. The number of carbonyl (C=O) groups is 2. The van der Waals surface area contributed by atoms with Gasteiger partial charge in [-0.25, -0.2) is 14.6 Å². The number of nitrogens with zero attached hydrogens (tertiary/aromatic N) is 1. The predicted octanol–water partition coefficient (Wildman–Crippen LogP) is 4.37. The van der Waals surface area contributed by atoms with Crippen LogP contribution in [0.4, 0.5) is 5.82 Å². The Morgan fingerprint density at radius 3 is 2.25 bits per heavy atom. The molecule has 1 fully saturated rings. The molecule has 1 N–H and O–H groups in total. The van der Waals surface area contributed by atoms with Gasteiger partial charge < -0.3 is 14.8 Å². The highest BCUT2D eigenvalue weighted by Crippen LogP contribution is 2.30. The van der Waals surface area contributed by atoms with Gasteiger partial charge in [0.05, 0.1) is 25.5 Å². The molecule has 1 aromatic heterocycles. The lowest BCUT2D eigenvalue weighted by Gasteiger charge is -2.25. The smallest absolute Gasteiger partial charge is 0.342 e. The maximum atomic E-state index is 12.5. The average molecular weight is 382 g/mol. The van der Waals surface area contributed by atoms with E-state index in [1.807, 2.05) is 31.2 Å². The number of benzene rings is 1. The number of aryl methyl sites for hydroxylation is 1. The lowest BCUT2D eigenvalue weighted by atomic mass is 9.95. The van der Waals surface area contributed by atoms with Crippen molar-refractivity contribution in [3.8, 4) is 11.3 Å². The Morgan fingerprint density at radius 1 is 1.00 bits per heavy atom. The summed E-state index contributed by atoms with van der Waals surface area (Å²) in [4.78, 5) is 29.6. The van der Waals surface area contributed by atoms with Crippen LogP contribution in [0.2, 0.25) is 0 Å². The quantitative estimate of drug-likeness (QED) is 0.774.